The van der Waals surface area contributed by atoms with Gasteiger partial charge >= 0.3 is 0 Å². The van der Waals surface area contributed by atoms with Crippen LogP contribution in [0.25, 0.3) is 0 Å². The van der Waals surface area contributed by atoms with Gasteiger partial charge < -0.3 is 19.5 Å². The molecule has 6 heteroatoms. The van der Waals surface area contributed by atoms with Gasteiger partial charge in [0.05, 0.1) is 19.3 Å². The highest BCUT2D eigenvalue weighted by Gasteiger charge is 2.12. The molecule has 0 amide bonds. The number of benzene rings is 1. The molecule has 1 aromatic heterocycles. The van der Waals surface area contributed by atoms with Gasteiger partial charge in [0.15, 0.2) is 11.5 Å². The van der Waals surface area contributed by atoms with Crippen LogP contribution in [0.1, 0.15) is 32.8 Å². The molecule has 0 saturated carbocycles. The van der Waals surface area contributed by atoms with E-state index >= 15 is 0 Å². The average Bonchev–Trinajstić information content (AvgIpc) is 2.62. The lowest BCUT2D eigenvalue weighted by Gasteiger charge is -2.17. The second-order valence-electron chi connectivity index (χ2n) is 6.04. The van der Waals surface area contributed by atoms with Crippen LogP contribution in [0.15, 0.2) is 36.5 Å². The summed E-state index contributed by atoms with van der Waals surface area (Å²) in [5, 5.41) is 4.05. The third-order valence-corrected chi connectivity index (χ3v) is 3.83. The molecule has 2 rings (SSSR count). The van der Waals surface area contributed by atoms with E-state index in [4.69, 9.17) is 25.8 Å². The molecule has 0 aliphatic rings. The maximum absolute atomic E-state index is 6.40. The molecule has 5 nitrogen and oxygen atoms in total. The van der Waals surface area contributed by atoms with Crippen LogP contribution in [-0.2, 0) is 6.54 Å². The van der Waals surface area contributed by atoms with Gasteiger partial charge in [-0.05, 0) is 51.4 Å². The van der Waals surface area contributed by atoms with Crippen molar-refractivity contribution in [3.05, 3.63) is 47.1 Å². The first-order valence-electron chi connectivity index (χ1n) is 8.96. The first-order chi connectivity index (χ1) is 12.6. The van der Waals surface area contributed by atoms with Crippen molar-refractivity contribution in [1.29, 1.82) is 0 Å². The van der Waals surface area contributed by atoms with Crippen LogP contribution in [0, 0.1) is 0 Å². The maximum atomic E-state index is 6.40. The summed E-state index contributed by atoms with van der Waals surface area (Å²) in [7, 11) is 0. The van der Waals surface area contributed by atoms with Gasteiger partial charge in [-0.2, -0.15) is 0 Å². The number of aromatic nitrogens is 1. The van der Waals surface area contributed by atoms with E-state index in [-0.39, 0.29) is 6.10 Å². The first-order valence-corrected chi connectivity index (χ1v) is 9.34. The Kier molecular flexibility index (Phi) is 8.51. The number of halogens is 1. The predicted molar refractivity (Wildman–Crippen MR) is 104 cm³/mol. The van der Waals surface area contributed by atoms with Crippen LogP contribution < -0.4 is 19.5 Å². The molecule has 2 aromatic rings. The standard InChI is InChI=1S/C20H27ClN2O3/c1-4-24-18-12-16(17(21)13-19(18)26-15(2)3)14-22-9-7-11-25-20-8-5-6-10-23-20/h5-6,8,10,12-13,15,22H,4,7,9,11,14H2,1-3H3. The molecular formula is C20H27ClN2O3. The lowest BCUT2D eigenvalue weighted by Crippen LogP contribution is -2.17. The Labute approximate surface area is 160 Å². The van der Waals surface area contributed by atoms with Gasteiger partial charge in [-0.1, -0.05) is 17.7 Å². The Morgan fingerprint density at radius 2 is 2.00 bits per heavy atom. The third kappa shape index (κ3) is 6.73. The van der Waals surface area contributed by atoms with Crippen molar-refractivity contribution in [2.24, 2.45) is 0 Å². The van der Waals surface area contributed by atoms with Gasteiger partial charge in [0.25, 0.3) is 0 Å². The van der Waals surface area contributed by atoms with Crippen molar-refractivity contribution < 1.29 is 14.2 Å². The van der Waals surface area contributed by atoms with E-state index in [2.05, 4.69) is 10.3 Å². The smallest absolute Gasteiger partial charge is 0.213 e. The van der Waals surface area contributed by atoms with Crippen LogP contribution in [0.2, 0.25) is 5.02 Å². The number of pyridine rings is 1. The van der Waals surface area contributed by atoms with Crippen LogP contribution >= 0.6 is 11.6 Å². The molecule has 0 spiro atoms. The Bertz CT molecular complexity index is 666. The van der Waals surface area contributed by atoms with E-state index in [1.807, 2.05) is 51.1 Å². The van der Waals surface area contributed by atoms with Crippen LogP contribution in [-0.4, -0.2) is 30.8 Å². The fraction of sp³-hybridized carbons (Fsp3) is 0.450. The summed E-state index contributed by atoms with van der Waals surface area (Å²) in [5.74, 6) is 2.05. The van der Waals surface area contributed by atoms with Crippen LogP contribution in [0.4, 0.5) is 0 Å². The number of nitrogens with one attached hydrogen (secondary N) is 1. The molecule has 0 saturated heterocycles. The fourth-order valence-corrected chi connectivity index (χ4v) is 2.58. The van der Waals surface area contributed by atoms with Crippen molar-refractivity contribution in [3.63, 3.8) is 0 Å². The first kappa shape index (κ1) is 20.3. The number of ether oxygens (including phenoxy) is 3. The molecule has 1 heterocycles. The zero-order valence-corrected chi connectivity index (χ0v) is 16.4. The van der Waals surface area contributed by atoms with Crippen molar-refractivity contribution in [3.8, 4) is 17.4 Å². The number of nitrogens with zero attached hydrogens (tertiary/aromatic N) is 1. The Morgan fingerprint density at radius 1 is 1.15 bits per heavy atom. The SMILES string of the molecule is CCOc1cc(CNCCCOc2ccccn2)c(Cl)cc1OC(C)C. The molecule has 0 fully saturated rings. The largest absolute Gasteiger partial charge is 0.490 e. The molecule has 0 aliphatic carbocycles. The lowest BCUT2D eigenvalue weighted by molar-refractivity contribution is 0.223. The monoisotopic (exact) mass is 378 g/mol. The van der Waals surface area contributed by atoms with E-state index < -0.39 is 0 Å². The van der Waals surface area contributed by atoms with Gasteiger partial charge in [0, 0.05) is 29.9 Å². The second-order valence-corrected chi connectivity index (χ2v) is 6.44. The molecular weight excluding hydrogens is 352 g/mol. The summed E-state index contributed by atoms with van der Waals surface area (Å²) in [5.41, 5.74) is 0.983. The molecule has 0 unspecified atom stereocenters. The third-order valence-electron chi connectivity index (χ3n) is 3.48. The topological polar surface area (TPSA) is 52.6 Å². The number of rotatable bonds is 11. The van der Waals surface area contributed by atoms with Gasteiger partial charge in [-0.3, -0.25) is 0 Å². The molecule has 142 valence electrons. The minimum absolute atomic E-state index is 0.0633. The van der Waals surface area contributed by atoms with Gasteiger partial charge in [-0.15, -0.1) is 0 Å². The Hall–Kier alpha value is -1.98. The van der Waals surface area contributed by atoms with Crippen LogP contribution in [0.5, 0.6) is 17.4 Å². The zero-order chi connectivity index (χ0) is 18.8. The van der Waals surface area contributed by atoms with Gasteiger partial charge in [0.2, 0.25) is 5.88 Å². The normalized spacial score (nSPS) is 10.8. The average molecular weight is 379 g/mol. The highest BCUT2D eigenvalue weighted by atomic mass is 35.5. The fourth-order valence-electron chi connectivity index (χ4n) is 2.36. The van der Waals surface area contributed by atoms with E-state index in [9.17, 15) is 0 Å². The lowest BCUT2D eigenvalue weighted by atomic mass is 10.2. The van der Waals surface area contributed by atoms with Crippen LogP contribution in [0.3, 0.4) is 0 Å². The molecule has 0 atom stereocenters. The Morgan fingerprint density at radius 3 is 2.69 bits per heavy atom. The molecule has 1 aromatic carbocycles. The van der Waals surface area contributed by atoms with Gasteiger partial charge in [-0.25, -0.2) is 4.98 Å². The van der Waals surface area contributed by atoms with Crippen molar-refractivity contribution in [1.82, 2.24) is 10.3 Å². The van der Waals surface area contributed by atoms with E-state index in [1.165, 1.54) is 0 Å². The van der Waals surface area contributed by atoms with Gasteiger partial charge in [0.1, 0.15) is 0 Å². The molecule has 26 heavy (non-hydrogen) atoms. The summed E-state index contributed by atoms with van der Waals surface area (Å²) in [6.45, 7) is 8.57. The minimum Gasteiger partial charge on any atom is -0.490 e. The summed E-state index contributed by atoms with van der Waals surface area (Å²) in [6.07, 6.45) is 2.66. The maximum Gasteiger partial charge on any atom is 0.213 e. The summed E-state index contributed by atoms with van der Waals surface area (Å²) >= 11 is 6.40. The van der Waals surface area contributed by atoms with E-state index in [0.29, 0.717) is 36.4 Å². The van der Waals surface area contributed by atoms with Crippen molar-refractivity contribution in [2.75, 3.05) is 19.8 Å². The van der Waals surface area contributed by atoms with Crippen molar-refractivity contribution >= 4 is 11.6 Å². The summed E-state index contributed by atoms with van der Waals surface area (Å²) in [6, 6.07) is 9.40. The molecule has 0 radical (unpaired) electrons. The minimum atomic E-state index is 0.0633. The highest BCUT2D eigenvalue weighted by molar-refractivity contribution is 6.31. The Balaban J connectivity index is 1.81. The summed E-state index contributed by atoms with van der Waals surface area (Å²) in [4.78, 5) is 4.13. The number of hydrogen-bond donors (Lipinski definition) is 1. The highest BCUT2D eigenvalue weighted by Crippen LogP contribution is 2.34. The quantitative estimate of drug-likeness (QED) is 0.584. The van der Waals surface area contributed by atoms with E-state index in [0.717, 1.165) is 24.3 Å². The molecule has 0 aliphatic heterocycles. The molecule has 1 N–H and O–H groups in total. The molecule has 0 bridgehead atoms. The summed E-state index contributed by atoms with van der Waals surface area (Å²) < 4.78 is 17.0. The van der Waals surface area contributed by atoms with E-state index in [1.54, 1.807) is 6.20 Å². The second kappa shape index (κ2) is 10.9. The number of hydrogen-bond acceptors (Lipinski definition) is 5. The zero-order valence-electron chi connectivity index (χ0n) is 15.6. The van der Waals surface area contributed by atoms with Crippen molar-refractivity contribution in [2.45, 2.75) is 39.8 Å². The predicted octanol–water partition coefficient (Wildman–Crippen LogP) is 4.48.